The molecule has 0 atom stereocenters. The van der Waals surface area contributed by atoms with Crippen molar-refractivity contribution < 1.29 is 4.74 Å². The van der Waals surface area contributed by atoms with Crippen LogP contribution in [0.3, 0.4) is 0 Å². The third kappa shape index (κ3) is 3.05. The Morgan fingerprint density at radius 1 is 1.39 bits per heavy atom. The molecule has 4 nitrogen and oxygen atoms in total. The molecular weight excluding hydrogens is 250 g/mol. The van der Waals surface area contributed by atoms with Crippen molar-refractivity contribution >= 4 is 23.1 Å². The number of hydrogen-bond donors (Lipinski definition) is 2. The fourth-order valence-corrected chi connectivity index (χ4v) is 1.71. The Bertz CT molecular complexity index is 546. The van der Waals surface area contributed by atoms with Gasteiger partial charge in [-0.25, -0.2) is 4.98 Å². The second-order valence-electron chi connectivity index (χ2n) is 3.78. The molecule has 0 unspecified atom stereocenters. The van der Waals surface area contributed by atoms with Gasteiger partial charge in [0.05, 0.1) is 5.02 Å². The highest BCUT2D eigenvalue weighted by molar-refractivity contribution is 6.30. The summed E-state index contributed by atoms with van der Waals surface area (Å²) in [4.78, 5) is 4.13. The van der Waals surface area contributed by atoms with Gasteiger partial charge in [-0.05, 0) is 17.7 Å². The van der Waals surface area contributed by atoms with Crippen LogP contribution in [0.15, 0.2) is 36.5 Å². The van der Waals surface area contributed by atoms with Crippen molar-refractivity contribution in [3.8, 4) is 5.75 Å². The van der Waals surface area contributed by atoms with Crippen LogP contribution in [0.4, 0.5) is 11.5 Å². The minimum Gasteiger partial charge on any atom is -0.485 e. The topological polar surface area (TPSA) is 60.2 Å². The first-order valence-electron chi connectivity index (χ1n) is 5.49. The van der Waals surface area contributed by atoms with Gasteiger partial charge >= 0.3 is 0 Å². The average molecular weight is 264 g/mol. The summed E-state index contributed by atoms with van der Waals surface area (Å²) >= 11 is 5.89. The minimum atomic E-state index is 0.418. The van der Waals surface area contributed by atoms with Crippen LogP contribution < -0.4 is 15.8 Å². The van der Waals surface area contributed by atoms with Crippen LogP contribution in [0.1, 0.15) is 5.56 Å². The molecule has 0 bridgehead atoms. The van der Waals surface area contributed by atoms with Crippen LogP contribution in [0.25, 0.3) is 0 Å². The quantitative estimate of drug-likeness (QED) is 0.833. The molecule has 0 amide bonds. The molecule has 2 rings (SSSR count). The van der Waals surface area contributed by atoms with E-state index in [1.165, 1.54) is 0 Å². The molecule has 2 aromatic rings. The first-order chi connectivity index (χ1) is 8.69. The Labute approximate surface area is 111 Å². The Morgan fingerprint density at radius 2 is 2.22 bits per heavy atom. The standard InChI is InChI=1S/C13H14ClN3O/c1-16-13-12(6-10(14)7-17-13)18-8-9-3-2-4-11(15)5-9/h2-7H,8,15H2,1H3,(H,16,17). The van der Waals surface area contributed by atoms with Gasteiger partial charge in [0.2, 0.25) is 0 Å². The Hall–Kier alpha value is -1.94. The monoisotopic (exact) mass is 263 g/mol. The van der Waals surface area contributed by atoms with Gasteiger partial charge in [-0.2, -0.15) is 0 Å². The van der Waals surface area contributed by atoms with Crippen molar-refractivity contribution in [3.05, 3.63) is 47.1 Å². The largest absolute Gasteiger partial charge is 0.485 e. The van der Waals surface area contributed by atoms with Crippen molar-refractivity contribution in [2.45, 2.75) is 6.61 Å². The number of nitrogens with two attached hydrogens (primary N) is 1. The lowest BCUT2D eigenvalue weighted by atomic mass is 10.2. The predicted molar refractivity (Wildman–Crippen MR) is 74.0 cm³/mol. The number of hydrogen-bond acceptors (Lipinski definition) is 4. The lowest BCUT2D eigenvalue weighted by Gasteiger charge is -2.10. The van der Waals surface area contributed by atoms with Gasteiger partial charge in [-0.15, -0.1) is 0 Å². The second-order valence-corrected chi connectivity index (χ2v) is 4.22. The molecular formula is C13H14ClN3O. The zero-order chi connectivity index (χ0) is 13.0. The molecule has 18 heavy (non-hydrogen) atoms. The predicted octanol–water partition coefficient (Wildman–Crippen LogP) is 2.94. The summed E-state index contributed by atoms with van der Waals surface area (Å²) < 4.78 is 5.68. The number of pyridine rings is 1. The number of aromatic nitrogens is 1. The number of benzene rings is 1. The van der Waals surface area contributed by atoms with Gasteiger partial charge in [-0.1, -0.05) is 23.7 Å². The minimum absolute atomic E-state index is 0.418. The van der Waals surface area contributed by atoms with Gasteiger partial charge in [0.15, 0.2) is 11.6 Å². The highest BCUT2D eigenvalue weighted by Gasteiger charge is 2.05. The van der Waals surface area contributed by atoms with Crippen LogP contribution in [0.5, 0.6) is 5.75 Å². The van der Waals surface area contributed by atoms with E-state index in [2.05, 4.69) is 10.3 Å². The Morgan fingerprint density at radius 3 is 2.94 bits per heavy atom. The molecule has 1 heterocycles. The fraction of sp³-hybridized carbons (Fsp3) is 0.154. The smallest absolute Gasteiger partial charge is 0.168 e. The van der Waals surface area contributed by atoms with Crippen LogP contribution in [-0.4, -0.2) is 12.0 Å². The molecule has 3 N–H and O–H groups in total. The molecule has 1 aromatic carbocycles. The maximum absolute atomic E-state index is 5.89. The summed E-state index contributed by atoms with van der Waals surface area (Å²) in [5.74, 6) is 1.27. The highest BCUT2D eigenvalue weighted by Crippen LogP contribution is 2.25. The van der Waals surface area contributed by atoms with Crippen molar-refractivity contribution in [2.24, 2.45) is 0 Å². The zero-order valence-electron chi connectivity index (χ0n) is 9.98. The number of anilines is 2. The number of rotatable bonds is 4. The molecule has 1 aromatic heterocycles. The summed E-state index contributed by atoms with van der Waals surface area (Å²) in [5.41, 5.74) is 7.42. The number of halogens is 1. The normalized spacial score (nSPS) is 10.1. The molecule has 0 fully saturated rings. The molecule has 94 valence electrons. The number of nitrogens with zero attached hydrogens (tertiary/aromatic N) is 1. The van der Waals surface area contributed by atoms with Gasteiger partial charge in [0.1, 0.15) is 6.61 Å². The maximum Gasteiger partial charge on any atom is 0.168 e. The van der Waals surface area contributed by atoms with Crippen LogP contribution in [0.2, 0.25) is 5.02 Å². The van der Waals surface area contributed by atoms with Crippen molar-refractivity contribution in [3.63, 3.8) is 0 Å². The molecule has 0 radical (unpaired) electrons. The molecule has 0 saturated carbocycles. The Kier molecular flexibility index (Phi) is 3.89. The first-order valence-corrected chi connectivity index (χ1v) is 5.87. The van der Waals surface area contributed by atoms with Crippen molar-refractivity contribution in [1.29, 1.82) is 0 Å². The van der Waals surface area contributed by atoms with Gasteiger partial charge in [-0.3, -0.25) is 0 Å². The summed E-state index contributed by atoms with van der Waals surface area (Å²) in [5, 5.41) is 3.49. The number of nitrogen functional groups attached to an aromatic ring is 1. The SMILES string of the molecule is CNc1ncc(Cl)cc1OCc1cccc(N)c1. The molecule has 5 heteroatoms. The van der Waals surface area contributed by atoms with Gasteiger partial charge in [0.25, 0.3) is 0 Å². The number of nitrogens with one attached hydrogen (secondary N) is 1. The summed E-state index contributed by atoms with van der Waals surface area (Å²) in [6.07, 6.45) is 1.57. The first kappa shape index (κ1) is 12.5. The van der Waals surface area contributed by atoms with Gasteiger partial charge < -0.3 is 15.8 Å². The lowest BCUT2D eigenvalue weighted by Crippen LogP contribution is -2.01. The molecule has 0 spiro atoms. The van der Waals surface area contributed by atoms with E-state index >= 15 is 0 Å². The average Bonchev–Trinajstić information content (AvgIpc) is 2.37. The van der Waals surface area contributed by atoms with E-state index in [4.69, 9.17) is 22.1 Å². The molecule has 0 aliphatic rings. The van der Waals surface area contributed by atoms with Crippen molar-refractivity contribution in [1.82, 2.24) is 4.98 Å². The zero-order valence-corrected chi connectivity index (χ0v) is 10.7. The maximum atomic E-state index is 5.89. The van der Waals surface area contributed by atoms with E-state index in [0.717, 1.165) is 5.56 Å². The van der Waals surface area contributed by atoms with Crippen LogP contribution in [0, 0.1) is 0 Å². The third-order valence-electron chi connectivity index (χ3n) is 2.40. The molecule has 0 aliphatic carbocycles. The molecule has 0 saturated heterocycles. The van der Waals surface area contributed by atoms with E-state index in [1.54, 1.807) is 19.3 Å². The lowest BCUT2D eigenvalue weighted by molar-refractivity contribution is 0.307. The van der Waals surface area contributed by atoms with E-state index in [1.807, 2.05) is 24.3 Å². The second kappa shape index (κ2) is 5.60. The van der Waals surface area contributed by atoms with Crippen LogP contribution >= 0.6 is 11.6 Å². The number of ether oxygens (including phenoxy) is 1. The van der Waals surface area contributed by atoms with E-state index in [-0.39, 0.29) is 0 Å². The van der Waals surface area contributed by atoms with E-state index < -0.39 is 0 Å². The highest BCUT2D eigenvalue weighted by atomic mass is 35.5. The summed E-state index contributed by atoms with van der Waals surface area (Å²) in [6.45, 7) is 0.418. The summed E-state index contributed by atoms with van der Waals surface area (Å²) in [6, 6.07) is 9.28. The summed E-state index contributed by atoms with van der Waals surface area (Å²) in [7, 11) is 1.78. The van der Waals surface area contributed by atoms with E-state index in [9.17, 15) is 0 Å². The van der Waals surface area contributed by atoms with Gasteiger partial charge in [0, 0.05) is 25.0 Å². The third-order valence-corrected chi connectivity index (χ3v) is 2.61. The fourth-order valence-electron chi connectivity index (χ4n) is 1.56. The van der Waals surface area contributed by atoms with Crippen molar-refractivity contribution in [2.75, 3.05) is 18.1 Å². The Balaban J connectivity index is 2.12. The molecule has 0 aliphatic heterocycles. The van der Waals surface area contributed by atoms with Crippen LogP contribution in [-0.2, 0) is 6.61 Å². The van der Waals surface area contributed by atoms with E-state index in [0.29, 0.717) is 28.9 Å².